The number of carbonyl (C=O) groups is 1. The fourth-order valence-electron chi connectivity index (χ4n) is 6.02. The predicted molar refractivity (Wildman–Crippen MR) is 104 cm³/mol. The number of aromatic nitrogens is 1. The van der Waals surface area contributed by atoms with Gasteiger partial charge in [-0.15, -0.1) is 22.7 Å². The van der Waals surface area contributed by atoms with E-state index in [1.165, 1.54) is 49.1 Å². The Hall–Kier alpha value is -1.20. The molecule has 0 saturated heterocycles. The highest BCUT2D eigenvalue weighted by atomic mass is 32.1. The van der Waals surface area contributed by atoms with Crippen LogP contribution in [0.5, 0.6) is 0 Å². The molecular formula is C20H24N2OS2. The van der Waals surface area contributed by atoms with E-state index in [0.29, 0.717) is 5.41 Å². The average Bonchev–Trinajstić information content (AvgIpc) is 3.12. The maximum Gasteiger partial charge on any atom is 0.258 e. The molecule has 4 fully saturated rings. The van der Waals surface area contributed by atoms with Gasteiger partial charge in [-0.1, -0.05) is 0 Å². The molecule has 0 aliphatic heterocycles. The summed E-state index contributed by atoms with van der Waals surface area (Å²) in [6.07, 6.45) is 8.30. The molecule has 4 saturated carbocycles. The number of amides is 1. The van der Waals surface area contributed by atoms with Crippen molar-refractivity contribution in [3.8, 4) is 0 Å². The summed E-state index contributed by atoms with van der Waals surface area (Å²) in [5, 5.41) is 6.02. The maximum atomic E-state index is 12.6. The van der Waals surface area contributed by atoms with E-state index in [9.17, 15) is 4.79 Å². The molecule has 0 radical (unpaired) electrons. The van der Waals surface area contributed by atoms with Gasteiger partial charge in [-0.3, -0.25) is 10.1 Å². The number of hydrogen-bond donors (Lipinski definition) is 1. The molecule has 0 atom stereocenters. The minimum absolute atomic E-state index is 0.0201. The van der Waals surface area contributed by atoms with Crippen LogP contribution in [-0.4, -0.2) is 10.9 Å². The first kappa shape index (κ1) is 16.0. The van der Waals surface area contributed by atoms with E-state index in [1.54, 1.807) is 22.7 Å². The molecule has 4 aliphatic rings. The van der Waals surface area contributed by atoms with Crippen LogP contribution in [0.1, 0.15) is 64.3 Å². The standard InChI is InChI=1S/C20H24N2OS2/c1-11-3-16(12(2)25-11)18(23)22-19-21-17(10-24-19)20-7-13-4-14(8-20)6-15(5-13)9-20/h3,10,13-15H,4-9H2,1-2H3,(H,21,22,23). The molecule has 2 aromatic heterocycles. The third-order valence-electron chi connectivity index (χ3n) is 6.59. The molecule has 0 unspecified atom stereocenters. The second-order valence-electron chi connectivity index (χ2n) is 8.52. The van der Waals surface area contributed by atoms with Gasteiger partial charge in [0.2, 0.25) is 0 Å². The fourth-order valence-corrected chi connectivity index (χ4v) is 7.77. The molecule has 0 aromatic carbocycles. The zero-order valence-electron chi connectivity index (χ0n) is 14.8. The first-order valence-electron chi connectivity index (χ1n) is 9.35. The van der Waals surface area contributed by atoms with Gasteiger partial charge in [-0.2, -0.15) is 0 Å². The molecule has 5 heteroatoms. The molecule has 2 aromatic rings. The van der Waals surface area contributed by atoms with Crippen molar-refractivity contribution in [2.24, 2.45) is 17.8 Å². The zero-order valence-corrected chi connectivity index (χ0v) is 16.4. The van der Waals surface area contributed by atoms with E-state index in [2.05, 4.69) is 10.7 Å². The van der Waals surface area contributed by atoms with Crippen LogP contribution < -0.4 is 5.32 Å². The van der Waals surface area contributed by atoms with Crippen molar-refractivity contribution in [2.45, 2.75) is 57.8 Å². The summed E-state index contributed by atoms with van der Waals surface area (Å²) in [6.45, 7) is 4.05. The Morgan fingerprint density at radius 2 is 1.80 bits per heavy atom. The van der Waals surface area contributed by atoms with Crippen LogP contribution in [-0.2, 0) is 5.41 Å². The summed E-state index contributed by atoms with van der Waals surface area (Å²) in [5.41, 5.74) is 2.35. The Balaban J connectivity index is 1.37. The van der Waals surface area contributed by atoms with Gasteiger partial charge >= 0.3 is 0 Å². The van der Waals surface area contributed by atoms with Crippen LogP contribution in [0.15, 0.2) is 11.4 Å². The lowest BCUT2D eigenvalue weighted by atomic mass is 9.49. The summed E-state index contributed by atoms with van der Waals surface area (Å²) in [7, 11) is 0. The smallest absolute Gasteiger partial charge is 0.258 e. The minimum atomic E-state index is -0.0201. The minimum Gasteiger partial charge on any atom is -0.298 e. The normalized spacial score (nSPS) is 33.0. The summed E-state index contributed by atoms with van der Waals surface area (Å²) < 4.78 is 0. The summed E-state index contributed by atoms with van der Waals surface area (Å²) in [6, 6.07) is 1.98. The molecule has 4 bridgehead atoms. The van der Waals surface area contributed by atoms with Gasteiger partial charge < -0.3 is 0 Å². The highest BCUT2D eigenvalue weighted by Gasteiger charge is 2.52. The predicted octanol–water partition coefficient (Wildman–Crippen LogP) is 5.54. The monoisotopic (exact) mass is 372 g/mol. The van der Waals surface area contributed by atoms with Gasteiger partial charge in [-0.05, 0) is 76.2 Å². The Labute approximate surface area is 156 Å². The quantitative estimate of drug-likeness (QED) is 0.768. The lowest BCUT2D eigenvalue weighted by Crippen LogP contribution is -2.48. The second kappa shape index (κ2) is 5.65. The molecule has 0 spiro atoms. The van der Waals surface area contributed by atoms with Gasteiger partial charge in [0.05, 0.1) is 11.3 Å². The van der Waals surface area contributed by atoms with Crippen LogP contribution in [0.2, 0.25) is 0 Å². The number of nitrogens with zero attached hydrogens (tertiary/aromatic N) is 1. The highest BCUT2D eigenvalue weighted by molar-refractivity contribution is 7.14. The molecule has 1 N–H and O–H groups in total. The van der Waals surface area contributed by atoms with Crippen LogP contribution in [0.3, 0.4) is 0 Å². The molecule has 4 aliphatic carbocycles. The molecule has 3 nitrogen and oxygen atoms in total. The van der Waals surface area contributed by atoms with Crippen molar-refractivity contribution in [3.05, 3.63) is 32.5 Å². The van der Waals surface area contributed by atoms with E-state index in [4.69, 9.17) is 4.98 Å². The maximum absolute atomic E-state index is 12.6. The largest absolute Gasteiger partial charge is 0.298 e. The summed E-state index contributed by atoms with van der Waals surface area (Å²) >= 11 is 3.27. The highest BCUT2D eigenvalue weighted by Crippen LogP contribution is 2.60. The van der Waals surface area contributed by atoms with Crippen molar-refractivity contribution in [3.63, 3.8) is 0 Å². The number of anilines is 1. The van der Waals surface area contributed by atoms with Crippen LogP contribution in [0.25, 0.3) is 0 Å². The van der Waals surface area contributed by atoms with E-state index >= 15 is 0 Å². The number of aryl methyl sites for hydroxylation is 2. The fraction of sp³-hybridized carbons (Fsp3) is 0.600. The summed E-state index contributed by atoms with van der Waals surface area (Å²) in [4.78, 5) is 19.7. The van der Waals surface area contributed by atoms with E-state index < -0.39 is 0 Å². The molecule has 6 rings (SSSR count). The van der Waals surface area contributed by atoms with E-state index in [1.807, 2.05) is 19.9 Å². The van der Waals surface area contributed by atoms with Crippen LogP contribution >= 0.6 is 22.7 Å². The molecular weight excluding hydrogens is 348 g/mol. The third-order valence-corrected chi connectivity index (χ3v) is 8.32. The number of thiazole rings is 1. The summed E-state index contributed by atoms with van der Waals surface area (Å²) in [5.74, 6) is 2.74. The van der Waals surface area contributed by atoms with Gasteiger partial charge in [-0.25, -0.2) is 4.98 Å². The van der Waals surface area contributed by atoms with Crippen molar-refractivity contribution >= 4 is 33.7 Å². The van der Waals surface area contributed by atoms with E-state index in [0.717, 1.165) is 33.3 Å². The van der Waals surface area contributed by atoms with Crippen LogP contribution in [0, 0.1) is 31.6 Å². The first-order valence-corrected chi connectivity index (χ1v) is 11.0. The first-order chi connectivity index (χ1) is 12.0. The lowest BCUT2D eigenvalue weighted by molar-refractivity contribution is -0.00688. The molecule has 2 heterocycles. The Morgan fingerprint density at radius 1 is 1.16 bits per heavy atom. The van der Waals surface area contributed by atoms with Crippen LogP contribution in [0.4, 0.5) is 5.13 Å². The van der Waals surface area contributed by atoms with Crippen molar-refractivity contribution in [1.29, 1.82) is 0 Å². The Kier molecular flexibility index (Phi) is 3.62. The zero-order chi connectivity index (χ0) is 17.2. The second-order valence-corrected chi connectivity index (χ2v) is 10.8. The third kappa shape index (κ3) is 2.67. The number of rotatable bonds is 3. The average molecular weight is 373 g/mol. The molecule has 25 heavy (non-hydrogen) atoms. The number of carbonyl (C=O) groups excluding carboxylic acids is 1. The van der Waals surface area contributed by atoms with Crippen molar-refractivity contribution < 1.29 is 4.79 Å². The SMILES string of the molecule is Cc1cc(C(=O)Nc2nc(C34CC5CC(CC(C5)C3)C4)cs2)c(C)s1. The Morgan fingerprint density at radius 3 is 2.36 bits per heavy atom. The number of thiophene rings is 1. The lowest BCUT2D eigenvalue weighted by Gasteiger charge is -2.56. The van der Waals surface area contributed by atoms with Gasteiger partial charge in [0.1, 0.15) is 0 Å². The van der Waals surface area contributed by atoms with E-state index in [-0.39, 0.29) is 5.91 Å². The van der Waals surface area contributed by atoms with Gasteiger partial charge in [0.15, 0.2) is 5.13 Å². The van der Waals surface area contributed by atoms with Crippen molar-refractivity contribution in [2.75, 3.05) is 5.32 Å². The van der Waals surface area contributed by atoms with Crippen molar-refractivity contribution in [1.82, 2.24) is 4.98 Å². The number of hydrogen-bond acceptors (Lipinski definition) is 4. The topological polar surface area (TPSA) is 42.0 Å². The van der Waals surface area contributed by atoms with Gasteiger partial charge in [0.25, 0.3) is 5.91 Å². The Bertz CT molecular complexity index is 799. The molecule has 132 valence electrons. The van der Waals surface area contributed by atoms with Gasteiger partial charge in [0, 0.05) is 20.5 Å². The molecule has 1 amide bonds. The number of nitrogens with one attached hydrogen (secondary N) is 1.